The smallest absolute Gasteiger partial charge is 0.0625 e. The highest BCUT2D eigenvalue weighted by atomic mass is 16.3. The average molecular weight is 261 g/mol. The van der Waals surface area contributed by atoms with Crippen molar-refractivity contribution in [2.75, 3.05) is 0 Å². The number of aliphatic hydroxyl groups is 2. The molecule has 1 aromatic carbocycles. The lowest BCUT2D eigenvalue weighted by molar-refractivity contribution is -0.0530. The molecule has 19 heavy (non-hydrogen) atoms. The highest BCUT2D eigenvalue weighted by Crippen LogP contribution is 2.30. The SMILES string of the molecule is CC(C)([C@H](O)CCC#N)[C@H](O)CCc1ccccc1. The summed E-state index contributed by atoms with van der Waals surface area (Å²) in [5.74, 6) is 0. The number of hydrogen-bond donors (Lipinski definition) is 2. The van der Waals surface area contributed by atoms with Crippen LogP contribution >= 0.6 is 0 Å². The minimum absolute atomic E-state index is 0.315. The van der Waals surface area contributed by atoms with Gasteiger partial charge in [0.2, 0.25) is 0 Å². The first-order valence-electron chi connectivity index (χ1n) is 6.75. The zero-order valence-electron chi connectivity index (χ0n) is 11.7. The van der Waals surface area contributed by atoms with Crippen molar-refractivity contribution in [3.63, 3.8) is 0 Å². The van der Waals surface area contributed by atoms with Gasteiger partial charge in [0, 0.05) is 11.8 Å². The minimum Gasteiger partial charge on any atom is -0.392 e. The third kappa shape index (κ3) is 4.66. The van der Waals surface area contributed by atoms with Crippen LogP contribution in [-0.4, -0.2) is 22.4 Å². The van der Waals surface area contributed by atoms with E-state index in [2.05, 4.69) is 0 Å². The van der Waals surface area contributed by atoms with Crippen molar-refractivity contribution in [3.05, 3.63) is 35.9 Å². The van der Waals surface area contributed by atoms with E-state index < -0.39 is 17.6 Å². The Labute approximate surface area is 115 Å². The normalized spacial score (nSPS) is 14.7. The van der Waals surface area contributed by atoms with Gasteiger partial charge in [0.15, 0.2) is 0 Å². The predicted molar refractivity (Wildman–Crippen MR) is 75.4 cm³/mol. The van der Waals surface area contributed by atoms with Gasteiger partial charge in [-0.05, 0) is 24.8 Å². The standard InChI is InChI=1S/C16H23NO2/c1-16(2,14(18)9-6-12-17)15(19)11-10-13-7-4-3-5-8-13/h3-5,7-8,14-15,18-19H,6,9-11H2,1-2H3/t14-,15-/m1/s1. The summed E-state index contributed by atoms with van der Waals surface area (Å²) >= 11 is 0. The van der Waals surface area contributed by atoms with E-state index in [-0.39, 0.29) is 0 Å². The van der Waals surface area contributed by atoms with Crippen molar-refractivity contribution in [2.45, 2.75) is 51.7 Å². The first-order chi connectivity index (χ1) is 8.98. The van der Waals surface area contributed by atoms with Gasteiger partial charge in [-0.15, -0.1) is 0 Å². The molecule has 0 amide bonds. The van der Waals surface area contributed by atoms with Crippen LogP contribution in [-0.2, 0) is 6.42 Å². The minimum atomic E-state index is -0.655. The molecule has 0 aliphatic rings. The second kappa shape index (κ2) is 7.28. The third-order valence-corrected chi connectivity index (χ3v) is 3.80. The summed E-state index contributed by atoms with van der Waals surface area (Å²) in [4.78, 5) is 0. The zero-order valence-corrected chi connectivity index (χ0v) is 11.7. The Hall–Kier alpha value is -1.37. The van der Waals surface area contributed by atoms with Crippen LogP contribution in [0.2, 0.25) is 0 Å². The summed E-state index contributed by atoms with van der Waals surface area (Å²) in [5, 5.41) is 28.9. The van der Waals surface area contributed by atoms with Crippen LogP contribution < -0.4 is 0 Å². The van der Waals surface area contributed by atoms with Gasteiger partial charge in [0.25, 0.3) is 0 Å². The van der Waals surface area contributed by atoms with E-state index in [1.165, 1.54) is 5.56 Å². The largest absolute Gasteiger partial charge is 0.392 e. The van der Waals surface area contributed by atoms with Gasteiger partial charge in [-0.2, -0.15) is 5.26 Å². The van der Waals surface area contributed by atoms with Crippen LogP contribution in [0.4, 0.5) is 0 Å². The molecule has 0 aliphatic carbocycles. The van der Waals surface area contributed by atoms with E-state index in [0.717, 1.165) is 6.42 Å². The molecule has 0 spiro atoms. The molecule has 1 aromatic rings. The fourth-order valence-electron chi connectivity index (χ4n) is 2.12. The van der Waals surface area contributed by atoms with E-state index in [0.29, 0.717) is 19.3 Å². The Bertz CT molecular complexity index is 409. The summed E-state index contributed by atoms with van der Waals surface area (Å²) in [7, 11) is 0. The first-order valence-corrected chi connectivity index (χ1v) is 6.75. The van der Waals surface area contributed by atoms with E-state index >= 15 is 0 Å². The molecule has 0 aliphatic heterocycles. The van der Waals surface area contributed by atoms with Crippen LogP contribution in [0.5, 0.6) is 0 Å². The Balaban J connectivity index is 2.51. The van der Waals surface area contributed by atoms with Gasteiger partial charge in [0.1, 0.15) is 0 Å². The van der Waals surface area contributed by atoms with E-state index in [4.69, 9.17) is 5.26 Å². The lowest BCUT2D eigenvalue weighted by Gasteiger charge is -2.35. The number of hydrogen-bond acceptors (Lipinski definition) is 3. The molecule has 0 saturated carbocycles. The number of aliphatic hydroxyl groups excluding tert-OH is 2. The Morgan fingerprint density at radius 1 is 1.11 bits per heavy atom. The molecule has 0 bridgehead atoms. The van der Waals surface area contributed by atoms with E-state index in [9.17, 15) is 10.2 Å². The number of nitrogens with zero attached hydrogens (tertiary/aromatic N) is 1. The van der Waals surface area contributed by atoms with E-state index in [1.54, 1.807) is 0 Å². The fourth-order valence-corrected chi connectivity index (χ4v) is 2.12. The molecule has 104 valence electrons. The van der Waals surface area contributed by atoms with Gasteiger partial charge in [-0.25, -0.2) is 0 Å². The first kappa shape index (κ1) is 15.7. The Morgan fingerprint density at radius 2 is 1.68 bits per heavy atom. The molecule has 0 heterocycles. The lowest BCUT2D eigenvalue weighted by Crippen LogP contribution is -2.40. The molecule has 0 radical (unpaired) electrons. The van der Waals surface area contributed by atoms with Gasteiger partial charge in [0.05, 0.1) is 18.3 Å². The summed E-state index contributed by atoms with van der Waals surface area (Å²) in [5.41, 5.74) is 0.592. The lowest BCUT2D eigenvalue weighted by atomic mass is 9.77. The van der Waals surface area contributed by atoms with Crippen molar-refractivity contribution >= 4 is 0 Å². The second-order valence-corrected chi connectivity index (χ2v) is 5.57. The Morgan fingerprint density at radius 3 is 2.26 bits per heavy atom. The molecule has 0 unspecified atom stereocenters. The molecule has 2 N–H and O–H groups in total. The molecule has 3 nitrogen and oxygen atoms in total. The molecule has 2 atom stereocenters. The molecule has 0 aromatic heterocycles. The highest BCUT2D eigenvalue weighted by molar-refractivity contribution is 5.14. The molecule has 3 heteroatoms. The van der Waals surface area contributed by atoms with Gasteiger partial charge in [-0.3, -0.25) is 0 Å². The maximum atomic E-state index is 10.3. The van der Waals surface area contributed by atoms with Crippen LogP contribution in [0.15, 0.2) is 30.3 Å². The zero-order chi connectivity index (χ0) is 14.3. The number of nitriles is 1. The molecular weight excluding hydrogens is 238 g/mol. The Kier molecular flexibility index (Phi) is 6.01. The predicted octanol–water partition coefficient (Wildman–Crippen LogP) is 2.67. The number of benzene rings is 1. The summed E-state index contributed by atoms with van der Waals surface area (Å²) in [6, 6.07) is 12.0. The van der Waals surface area contributed by atoms with Gasteiger partial charge < -0.3 is 10.2 Å². The summed E-state index contributed by atoms with van der Waals surface area (Å²) in [6.45, 7) is 3.70. The maximum Gasteiger partial charge on any atom is 0.0625 e. The fraction of sp³-hybridized carbons (Fsp3) is 0.562. The summed E-state index contributed by atoms with van der Waals surface area (Å²) < 4.78 is 0. The summed E-state index contributed by atoms with van der Waals surface area (Å²) in [6.07, 6.45) is 0.887. The molecular formula is C16H23NO2. The van der Waals surface area contributed by atoms with Crippen LogP contribution in [0.25, 0.3) is 0 Å². The van der Waals surface area contributed by atoms with Crippen LogP contribution in [0.1, 0.15) is 38.7 Å². The molecule has 1 rings (SSSR count). The third-order valence-electron chi connectivity index (χ3n) is 3.80. The molecule has 0 saturated heterocycles. The second-order valence-electron chi connectivity index (χ2n) is 5.57. The van der Waals surface area contributed by atoms with Gasteiger partial charge >= 0.3 is 0 Å². The monoisotopic (exact) mass is 261 g/mol. The van der Waals surface area contributed by atoms with Crippen LogP contribution in [0, 0.1) is 16.7 Å². The van der Waals surface area contributed by atoms with Gasteiger partial charge in [-0.1, -0.05) is 44.2 Å². The van der Waals surface area contributed by atoms with E-state index in [1.807, 2.05) is 50.2 Å². The average Bonchev–Trinajstić information content (AvgIpc) is 2.42. The number of rotatable bonds is 7. The topological polar surface area (TPSA) is 64.2 Å². The van der Waals surface area contributed by atoms with Crippen LogP contribution in [0.3, 0.4) is 0 Å². The number of aryl methyl sites for hydroxylation is 1. The van der Waals surface area contributed by atoms with Crippen molar-refractivity contribution in [2.24, 2.45) is 5.41 Å². The van der Waals surface area contributed by atoms with Crippen molar-refractivity contribution in [1.29, 1.82) is 5.26 Å². The van der Waals surface area contributed by atoms with Crippen molar-refractivity contribution < 1.29 is 10.2 Å². The highest BCUT2D eigenvalue weighted by Gasteiger charge is 2.34. The molecule has 0 fully saturated rings. The quantitative estimate of drug-likeness (QED) is 0.793. The van der Waals surface area contributed by atoms with Crippen molar-refractivity contribution in [3.8, 4) is 6.07 Å². The maximum absolute atomic E-state index is 10.3. The van der Waals surface area contributed by atoms with Crippen molar-refractivity contribution in [1.82, 2.24) is 0 Å².